The summed E-state index contributed by atoms with van der Waals surface area (Å²) >= 11 is 1.43. The van der Waals surface area contributed by atoms with Gasteiger partial charge in [0.25, 0.3) is 5.69 Å². The highest BCUT2D eigenvalue weighted by molar-refractivity contribution is 7.98. The smallest absolute Gasteiger partial charge is 0.269 e. The lowest BCUT2D eigenvalue weighted by molar-refractivity contribution is -0.384. The Labute approximate surface area is 169 Å². The molecule has 3 aromatic rings. The minimum absolute atomic E-state index is 0.0420. The number of fused-ring (bicyclic) bond motifs is 1. The Kier molecular flexibility index (Phi) is 5.46. The maximum atomic E-state index is 10.8. The van der Waals surface area contributed by atoms with Crippen LogP contribution in [0.4, 0.5) is 5.69 Å². The number of nitrogens with zero attached hydrogens (tertiary/aromatic N) is 5. The minimum atomic E-state index is -1.02. The van der Waals surface area contributed by atoms with E-state index in [4.69, 9.17) is 0 Å². The topological polar surface area (TPSA) is 147 Å². The van der Waals surface area contributed by atoms with E-state index in [1.165, 1.54) is 30.2 Å². The Balaban J connectivity index is 1.55. The van der Waals surface area contributed by atoms with Crippen LogP contribution in [0, 0.1) is 16.0 Å². The first-order valence-electron chi connectivity index (χ1n) is 9.00. The number of nitro groups is 1. The van der Waals surface area contributed by atoms with Crippen LogP contribution in [0.2, 0.25) is 0 Å². The van der Waals surface area contributed by atoms with Gasteiger partial charge in [-0.25, -0.2) is 15.0 Å². The highest BCUT2D eigenvalue weighted by Gasteiger charge is 2.42. The summed E-state index contributed by atoms with van der Waals surface area (Å²) in [6.45, 7) is -0.202. The molecule has 1 aliphatic carbocycles. The van der Waals surface area contributed by atoms with Gasteiger partial charge in [-0.3, -0.25) is 10.1 Å². The lowest BCUT2D eigenvalue weighted by Crippen LogP contribution is -2.30. The van der Waals surface area contributed by atoms with Crippen molar-refractivity contribution >= 4 is 28.6 Å². The Morgan fingerprint density at radius 1 is 1.17 bits per heavy atom. The molecule has 0 unspecified atom stereocenters. The Morgan fingerprint density at radius 2 is 1.93 bits per heavy atom. The van der Waals surface area contributed by atoms with E-state index in [2.05, 4.69) is 15.0 Å². The van der Waals surface area contributed by atoms with Crippen molar-refractivity contribution in [1.82, 2.24) is 19.5 Å². The molecule has 0 bridgehead atoms. The van der Waals surface area contributed by atoms with Gasteiger partial charge in [-0.2, -0.15) is 0 Å². The molecular formula is C18H19N5O5S. The zero-order valence-electron chi connectivity index (χ0n) is 15.2. The number of non-ortho nitro benzene ring substituents is 1. The summed E-state index contributed by atoms with van der Waals surface area (Å²) in [5.74, 6) is 0.152. The van der Waals surface area contributed by atoms with Crippen molar-refractivity contribution in [3.05, 3.63) is 52.6 Å². The lowest BCUT2D eigenvalue weighted by atomic mass is 10.1. The largest absolute Gasteiger partial charge is 0.396 e. The number of hydrogen-bond donors (Lipinski definition) is 3. The van der Waals surface area contributed by atoms with Crippen LogP contribution in [0.5, 0.6) is 0 Å². The van der Waals surface area contributed by atoms with E-state index in [1.54, 1.807) is 23.0 Å². The maximum absolute atomic E-state index is 10.8. The first-order valence-corrected chi connectivity index (χ1v) is 9.98. The standard InChI is InChI=1S/C18H19N5O5S/c24-6-11-5-13(16(26)15(11)25)22-9-21-14-17(22)19-8-20-18(14)29-7-10-1-3-12(4-2-10)23(27)28/h1-4,8-9,11,13,15-16,24-26H,5-7H2/t11-,13-,15-,16+/m1/s1. The molecule has 1 saturated carbocycles. The van der Waals surface area contributed by atoms with E-state index in [1.807, 2.05) is 0 Å². The molecule has 1 aliphatic rings. The number of rotatable bonds is 6. The Morgan fingerprint density at radius 3 is 2.59 bits per heavy atom. The van der Waals surface area contributed by atoms with Gasteiger partial charge in [0.05, 0.1) is 23.4 Å². The summed E-state index contributed by atoms with van der Waals surface area (Å²) in [7, 11) is 0. The van der Waals surface area contributed by atoms with Crippen LogP contribution in [0.3, 0.4) is 0 Å². The fraction of sp³-hybridized carbons (Fsp3) is 0.389. The second-order valence-corrected chi connectivity index (χ2v) is 7.91. The third-order valence-electron chi connectivity index (χ3n) is 5.21. The number of hydrogen-bond acceptors (Lipinski definition) is 9. The zero-order valence-corrected chi connectivity index (χ0v) is 16.0. The maximum Gasteiger partial charge on any atom is 0.269 e. The van der Waals surface area contributed by atoms with E-state index in [-0.39, 0.29) is 12.3 Å². The fourth-order valence-electron chi connectivity index (χ4n) is 3.60. The predicted molar refractivity (Wildman–Crippen MR) is 104 cm³/mol. The number of nitro benzene ring substituents is 1. The van der Waals surface area contributed by atoms with E-state index in [0.29, 0.717) is 28.4 Å². The number of aromatic nitrogens is 4. The van der Waals surface area contributed by atoms with Crippen LogP contribution >= 0.6 is 11.8 Å². The summed E-state index contributed by atoms with van der Waals surface area (Å²) in [5, 5.41) is 41.3. The van der Waals surface area contributed by atoms with Gasteiger partial charge in [0.15, 0.2) is 5.65 Å². The van der Waals surface area contributed by atoms with Crippen molar-refractivity contribution in [1.29, 1.82) is 0 Å². The quantitative estimate of drug-likeness (QED) is 0.234. The highest BCUT2D eigenvalue weighted by Crippen LogP contribution is 2.37. The van der Waals surface area contributed by atoms with E-state index >= 15 is 0 Å². The molecule has 1 fully saturated rings. The van der Waals surface area contributed by atoms with Crippen LogP contribution in [-0.4, -0.2) is 58.6 Å². The second-order valence-electron chi connectivity index (χ2n) is 6.94. The van der Waals surface area contributed by atoms with Crippen molar-refractivity contribution in [3.63, 3.8) is 0 Å². The second kappa shape index (κ2) is 8.03. The fourth-order valence-corrected chi connectivity index (χ4v) is 4.50. The Hall–Kier alpha value is -2.60. The van der Waals surface area contributed by atoms with Crippen molar-refractivity contribution < 1.29 is 20.2 Å². The number of benzene rings is 1. The average molecular weight is 417 g/mol. The molecule has 4 rings (SSSR count). The summed E-state index contributed by atoms with van der Waals surface area (Å²) in [6.07, 6.45) is 1.38. The molecule has 29 heavy (non-hydrogen) atoms. The van der Waals surface area contributed by atoms with Gasteiger partial charge in [-0.1, -0.05) is 23.9 Å². The van der Waals surface area contributed by atoms with Crippen molar-refractivity contribution in [2.24, 2.45) is 5.92 Å². The highest BCUT2D eigenvalue weighted by atomic mass is 32.2. The predicted octanol–water partition coefficient (Wildman–Crippen LogP) is 1.30. The van der Waals surface area contributed by atoms with Gasteiger partial charge in [0.1, 0.15) is 23.0 Å². The molecule has 10 nitrogen and oxygen atoms in total. The van der Waals surface area contributed by atoms with E-state index in [0.717, 1.165) is 5.56 Å². The summed E-state index contributed by atoms with van der Waals surface area (Å²) in [5.41, 5.74) is 2.07. The van der Waals surface area contributed by atoms with Crippen LogP contribution < -0.4 is 0 Å². The van der Waals surface area contributed by atoms with Crippen molar-refractivity contribution in [3.8, 4) is 0 Å². The minimum Gasteiger partial charge on any atom is -0.396 e. The molecule has 2 aromatic heterocycles. The lowest BCUT2D eigenvalue weighted by Gasteiger charge is -2.18. The van der Waals surface area contributed by atoms with Gasteiger partial charge in [-0.15, -0.1) is 0 Å². The van der Waals surface area contributed by atoms with Crippen LogP contribution in [0.25, 0.3) is 11.2 Å². The monoisotopic (exact) mass is 417 g/mol. The molecule has 0 aliphatic heterocycles. The normalized spacial score (nSPS) is 24.2. The zero-order chi connectivity index (χ0) is 20.5. The summed E-state index contributed by atoms with van der Waals surface area (Å²) in [6, 6.07) is 5.89. The summed E-state index contributed by atoms with van der Waals surface area (Å²) in [4.78, 5) is 23.3. The third-order valence-corrected chi connectivity index (χ3v) is 6.26. The number of imidazole rings is 1. The molecular weight excluding hydrogens is 398 g/mol. The average Bonchev–Trinajstić information content (AvgIpc) is 3.28. The van der Waals surface area contributed by atoms with Crippen LogP contribution in [-0.2, 0) is 5.75 Å². The SMILES string of the molecule is O=[N+]([O-])c1ccc(CSc2ncnc3c2ncn3[C@@H]2C[C@H](CO)[C@@H](O)[C@H]2O)cc1. The Bertz CT molecular complexity index is 1030. The van der Waals surface area contributed by atoms with Crippen molar-refractivity contribution in [2.45, 2.75) is 35.4 Å². The molecule has 2 heterocycles. The third kappa shape index (κ3) is 3.69. The molecule has 3 N–H and O–H groups in total. The molecule has 0 radical (unpaired) electrons. The van der Waals surface area contributed by atoms with E-state index in [9.17, 15) is 25.4 Å². The van der Waals surface area contributed by atoms with Gasteiger partial charge >= 0.3 is 0 Å². The van der Waals surface area contributed by atoms with Crippen LogP contribution in [0.15, 0.2) is 41.9 Å². The molecule has 0 amide bonds. The number of aliphatic hydroxyl groups is 3. The van der Waals surface area contributed by atoms with Crippen molar-refractivity contribution in [2.75, 3.05) is 6.61 Å². The first kappa shape index (κ1) is 19.7. The number of thioether (sulfide) groups is 1. The molecule has 152 valence electrons. The van der Waals surface area contributed by atoms with E-state index < -0.39 is 29.1 Å². The molecule has 11 heteroatoms. The molecule has 0 saturated heterocycles. The van der Waals surface area contributed by atoms with Gasteiger partial charge in [0.2, 0.25) is 0 Å². The molecule has 0 spiro atoms. The first-order chi connectivity index (χ1) is 14.0. The molecule has 4 atom stereocenters. The number of aliphatic hydroxyl groups excluding tert-OH is 3. The molecule has 1 aromatic carbocycles. The van der Waals surface area contributed by atoms with Gasteiger partial charge in [-0.05, 0) is 12.0 Å². The summed E-state index contributed by atoms with van der Waals surface area (Å²) < 4.78 is 1.72. The van der Waals surface area contributed by atoms with Gasteiger partial charge in [0, 0.05) is 30.4 Å². The van der Waals surface area contributed by atoms with Crippen LogP contribution in [0.1, 0.15) is 18.0 Å². The van der Waals surface area contributed by atoms with Gasteiger partial charge < -0.3 is 19.9 Å².